The highest BCUT2D eigenvalue weighted by Crippen LogP contribution is 2.40. The van der Waals surface area contributed by atoms with E-state index in [1.807, 2.05) is 32.9 Å². The van der Waals surface area contributed by atoms with Gasteiger partial charge in [0.25, 0.3) is 11.7 Å². The highest BCUT2D eigenvalue weighted by molar-refractivity contribution is 6.46. The number of carbonyl (C=O) groups is 2. The van der Waals surface area contributed by atoms with Crippen molar-refractivity contribution < 1.29 is 19.8 Å². The number of ketones is 1. The Morgan fingerprint density at radius 1 is 1.11 bits per heavy atom. The lowest BCUT2D eigenvalue weighted by molar-refractivity contribution is -0.140. The molecule has 2 aromatic rings. The minimum Gasteiger partial charge on any atom is -0.508 e. The minimum absolute atomic E-state index is 0.0398. The van der Waals surface area contributed by atoms with Crippen LogP contribution in [0, 0.1) is 12.8 Å². The summed E-state index contributed by atoms with van der Waals surface area (Å²) in [6, 6.07) is 12.8. The van der Waals surface area contributed by atoms with Gasteiger partial charge < -0.3 is 15.1 Å². The van der Waals surface area contributed by atoms with Crippen molar-refractivity contribution >= 4 is 17.4 Å². The number of aryl methyl sites for hydroxylation is 1. The number of Topliss-reactive ketones (excluding diaryl/α,β-unsaturated/α-hetero) is 1. The number of aromatic hydroxyl groups is 1. The van der Waals surface area contributed by atoms with Gasteiger partial charge in [0.1, 0.15) is 11.5 Å². The number of hydrogen-bond acceptors (Lipinski definition) is 4. The lowest BCUT2D eigenvalue weighted by atomic mass is 9.94. The normalized spacial score (nSPS) is 19.1. The number of aliphatic hydroxyl groups excluding tert-OH is 1. The third-order valence-electron chi connectivity index (χ3n) is 4.61. The summed E-state index contributed by atoms with van der Waals surface area (Å²) in [6.45, 7) is 6.21. The van der Waals surface area contributed by atoms with E-state index in [2.05, 4.69) is 0 Å². The molecule has 1 amide bonds. The maximum absolute atomic E-state index is 12.8. The first-order valence-corrected chi connectivity index (χ1v) is 8.94. The summed E-state index contributed by atoms with van der Waals surface area (Å²) in [5.41, 5.74) is 2.14. The van der Waals surface area contributed by atoms with Crippen molar-refractivity contribution in [1.29, 1.82) is 0 Å². The Bertz CT molecular complexity index is 912. The molecule has 1 atom stereocenters. The first-order chi connectivity index (χ1) is 12.8. The number of aliphatic hydroxyl groups is 1. The predicted molar refractivity (Wildman–Crippen MR) is 103 cm³/mol. The Kier molecular flexibility index (Phi) is 5.04. The molecule has 1 fully saturated rings. The number of phenols is 1. The molecule has 0 aliphatic carbocycles. The van der Waals surface area contributed by atoms with Crippen LogP contribution in [0.25, 0.3) is 5.76 Å². The van der Waals surface area contributed by atoms with E-state index in [9.17, 15) is 19.8 Å². The van der Waals surface area contributed by atoms with Gasteiger partial charge in [0, 0.05) is 12.1 Å². The zero-order chi connectivity index (χ0) is 19.7. The molecule has 0 radical (unpaired) electrons. The number of phenolic OH excluding ortho intramolecular Hbond substituents is 1. The van der Waals surface area contributed by atoms with Gasteiger partial charge in [0.05, 0.1) is 11.6 Å². The summed E-state index contributed by atoms with van der Waals surface area (Å²) < 4.78 is 0. The smallest absolute Gasteiger partial charge is 0.295 e. The van der Waals surface area contributed by atoms with E-state index in [0.29, 0.717) is 17.7 Å². The van der Waals surface area contributed by atoms with Crippen LogP contribution in [0.4, 0.5) is 0 Å². The largest absolute Gasteiger partial charge is 0.508 e. The second-order valence-corrected chi connectivity index (χ2v) is 7.31. The van der Waals surface area contributed by atoms with E-state index in [4.69, 9.17) is 0 Å². The maximum Gasteiger partial charge on any atom is 0.295 e. The van der Waals surface area contributed by atoms with Gasteiger partial charge in [-0.3, -0.25) is 9.59 Å². The highest BCUT2D eigenvalue weighted by atomic mass is 16.3. The average Bonchev–Trinajstić information content (AvgIpc) is 2.86. The molecule has 1 aliphatic rings. The maximum atomic E-state index is 12.8. The van der Waals surface area contributed by atoms with E-state index < -0.39 is 17.7 Å². The summed E-state index contributed by atoms with van der Waals surface area (Å²) in [5.74, 6) is -1.36. The van der Waals surface area contributed by atoms with Gasteiger partial charge in [-0.25, -0.2) is 0 Å². The first-order valence-electron chi connectivity index (χ1n) is 8.94. The number of carbonyl (C=O) groups excluding carboxylic acids is 2. The standard InChI is InChI=1S/C22H23NO4/c1-13(2)12-23-19(16-5-4-6-17(24)11-16)18(21(26)22(23)27)20(25)15-9-7-14(3)8-10-15/h4-11,13,19,24-25H,12H2,1-3H3/t19-/m0/s1. The van der Waals surface area contributed by atoms with Gasteiger partial charge in [-0.2, -0.15) is 0 Å². The van der Waals surface area contributed by atoms with Crippen LogP contribution in [0.3, 0.4) is 0 Å². The molecule has 0 aromatic heterocycles. The van der Waals surface area contributed by atoms with Gasteiger partial charge >= 0.3 is 0 Å². The topological polar surface area (TPSA) is 77.8 Å². The monoisotopic (exact) mass is 365 g/mol. The molecule has 2 N–H and O–H groups in total. The van der Waals surface area contributed by atoms with Crippen molar-refractivity contribution in [1.82, 2.24) is 4.90 Å². The Balaban J connectivity index is 2.19. The molecular formula is C22H23NO4. The van der Waals surface area contributed by atoms with Crippen LogP contribution in [0.15, 0.2) is 54.1 Å². The van der Waals surface area contributed by atoms with E-state index in [1.54, 1.807) is 24.3 Å². The zero-order valence-corrected chi connectivity index (χ0v) is 15.6. The molecule has 3 rings (SSSR count). The molecule has 0 saturated carbocycles. The molecule has 0 spiro atoms. The van der Waals surface area contributed by atoms with Gasteiger partial charge in [-0.05, 0) is 30.5 Å². The van der Waals surface area contributed by atoms with Gasteiger partial charge in [0.15, 0.2) is 0 Å². The van der Waals surface area contributed by atoms with E-state index in [1.165, 1.54) is 17.0 Å². The molecule has 1 heterocycles. The van der Waals surface area contributed by atoms with Crippen molar-refractivity contribution in [2.75, 3.05) is 6.54 Å². The first kappa shape index (κ1) is 18.7. The molecule has 5 heteroatoms. The summed E-state index contributed by atoms with van der Waals surface area (Å²) in [6.07, 6.45) is 0. The third-order valence-corrected chi connectivity index (χ3v) is 4.61. The SMILES string of the molecule is Cc1ccc(C(O)=C2C(=O)C(=O)N(CC(C)C)[C@H]2c2cccc(O)c2)cc1. The van der Waals surface area contributed by atoms with Gasteiger partial charge in [-0.15, -0.1) is 0 Å². The number of rotatable bonds is 4. The quantitative estimate of drug-likeness (QED) is 0.491. The molecule has 140 valence electrons. The fraction of sp³-hybridized carbons (Fsp3) is 0.273. The fourth-order valence-corrected chi connectivity index (χ4v) is 3.37. The van der Waals surface area contributed by atoms with E-state index >= 15 is 0 Å². The number of nitrogens with zero attached hydrogens (tertiary/aromatic N) is 1. The van der Waals surface area contributed by atoms with Crippen LogP contribution >= 0.6 is 0 Å². The second kappa shape index (κ2) is 7.27. The number of likely N-dealkylation sites (tertiary alicyclic amines) is 1. The molecule has 27 heavy (non-hydrogen) atoms. The van der Waals surface area contributed by atoms with E-state index in [0.717, 1.165) is 5.56 Å². The van der Waals surface area contributed by atoms with Crippen LogP contribution in [-0.4, -0.2) is 33.3 Å². The third kappa shape index (κ3) is 3.58. The fourth-order valence-electron chi connectivity index (χ4n) is 3.37. The molecule has 0 unspecified atom stereocenters. The van der Waals surface area contributed by atoms with Crippen molar-refractivity contribution in [3.05, 3.63) is 70.8 Å². The Hall–Kier alpha value is -3.08. The van der Waals surface area contributed by atoms with Crippen LogP contribution in [0.2, 0.25) is 0 Å². The summed E-state index contributed by atoms with van der Waals surface area (Å²) in [7, 11) is 0. The minimum atomic E-state index is -0.735. The zero-order valence-electron chi connectivity index (χ0n) is 15.6. The van der Waals surface area contributed by atoms with Gasteiger partial charge in [-0.1, -0.05) is 55.8 Å². The van der Waals surface area contributed by atoms with Gasteiger partial charge in [0.2, 0.25) is 0 Å². The summed E-state index contributed by atoms with van der Waals surface area (Å²) in [5, 5.41) is 20.7. The lowest BCUT2D eigenvalue weighted by Crippen LogP contribution is -2.33. The molecule has 1 saturated heterocycles. The lowest BCUT2D eigenvalue weighted by Gasteiger charge is -2.27. The van der Waals surface area contributed by atoms with Crippen molar-refractivity contribution in [3.63, 3.8) is 0 Å². The number of amides is 1. The van der Waals surface area contributed by atoms with E-state index in [-0.39, 0.29) is 23.0 Å². The predicted octanol–water partition coefficient (Wildman–Crippen LogP) is 3.78. The van der Waals surface area contributed by atoms with Crippen LogP contribution < -0.4 is 0 Å². The summed E-state index contributed by atoms with van der Waals surface area (Å²) >= 11 is 0. The average molecular weight is 365 g/mol. The van der Waals surface area contributed by atoms with Crippen molar-refractivity contribution in [2.24, 2.45) is 5.92 Å². The van der Waals surface area contributed by atoms with Crippen molar-refractivity contribution in [3.8, 4) is 5.75 Å². The molecule has 5 nitrogen and oxygen atoms in total. The van der Waals surface area contributed by atoms with Crippen LogP contribution in [-0.2, 0) is 9.59 Å². The second-order valence-electron chi connectivity index (χ2n) is 7.31. The van der Waals surface area contributed by atoms with Crippen molar-refractivity contribution in [2.45, 2.75) is 26.8 Å². The Morgan fingerprint density at radius 3 is 2.37 bits per heavy atom. The summed E-state index contributed by atoms with van der Waals surface area (Å²) in [4.78, 5) is 26.9. The Morgan fingerprint density at radius 2 is 1.78 bits per heavy atom. The Labute approximate surface area is 158 Å². The number of benzene rings is 2. The molecule has 2 aromatic carbocycles. The molecular weight excluding hydrogens is 342 g/mol. The molecule has 0 bridgehead atoms. The van der Waals surface area contributed by atoms with Crippen LogP contribution in [0.5, 0.6) is 5.75 Å². The number of hydrogen-bond donors (Lipinski definition) is 2. The van der Waals surface area contributed by atoms with Crippen LogP contribution in [0.1, 0.15) is 36.6 Å². The molecule has 1 aliphatic heterocycles. The highest BCUT2D eigenvalue weighted by Gasteiger charge is 2.46.